The molecule has 2 heterocycles. The minimum Gasteiger partial charge on any atom is -0.376 e. The molecule has 0 bridgehead atoms. The van der Waals surface area contributed by atoms with Crippen LogP contribution < -0.4 is 10.2 Å². The number of aromatic nitrogens is 3. The Morgan fingerprint density at radius 1 is 1.24 bits per heavy atom. The van der Waals surface area contributed by atoms with Gasteiger partial charge in [0.2, 0.25) is 0 Å². The molecule has 0 atom stereocenters. The first-order valence-electron chi connectivity index (χ1n) is 7.28. The van der Waals surface area contributed by atoms with E-state index in [9.17, 15) is 0 Å². The Kier molecular flexibility index (Phi) is 4.01. The molecular weight excluding hydrogens is 286 g/mol. The third kappa shape index (κ3) is 2.97. The van der Waals surface area contributed by atoms with Crippen molar-refractivity contribution in [1.82, 2.24) is 14.8 Å². The van der Waals surface area contributed by atoms with E-state index in [0.29, 0.717) is 6.54 Å². The lowest BCUT2D eigenvalue weighted by molar-refractivity contribution is 0.789. The number of hydrogen-bond donors (Lipinski definition) is 1. The van der Waals surface area contributed by atoms with Crippen LogP contribution in [0.25, 0.3) is 0 Å². The van der Waals surface area contributed by atoms with E-state index in [-0.39, 0.29) is 0 Å². The summed E-state index contributed by atoms with van der Waals surface area (Å²) in [5.74, 6) is 1.83. The summed E-state index contributed by atoms with van der Waals surface area (Å²) < 4.78 is 1.99. The summed E-state index contributed by atoms with van der Waals surface area (Å²) >= 11 is 6.15. The largest absolute Gasteiger partial charge is 0.376 e. The van der Waals surface area contributed by atoms with Gasteiger partial charge in [-0.1, -0.05) is 11.6 Å². The topological polar surface area (TPSA) is 46.0 Å². The highest BCUT2D eigenvalue weighted by atomic mass is 35.5. The van der Waals surface area contributed by atoms with Crippen molar-refractivity contribution in [2.45, 2.75) is 26.3 Å². The average Bonchev–Trinajstić information content (AvgIpc) is 3.10. The van der Waals surface area contributed by atoms with Crippen LogP contribution in [0.15, 0.2) is 18.2 Å². The quantitative estimate of drug-likeness (QED) is 0.943. The Hall–Kier alpha value is -1.75. The summed E-state index contributed by atoms with van der Waals surface area (Å²) in [4.78, 5) is 2.40. The maximum Gasteiger partial charge on any atom is 0.152 e. The Morgan fingerprint density at radius 2 is 2.00 bits per heavy atom. The number of anilines is 2. The summed E-state index contributed by atoms with van der Waals surface area (Å²) in [7, 11) is 1.98. The monoisotopic (exact) mass is 305 g/mol. The predicted octanol–water partition coefficient (Wildman–Crippen LogP) is 2.99. The van der Waals surface area contributed by atoms with Gasteiger partial charge in [0, 0.05) is 25.2 Å². The molecule has 1 saturated heterocycles. The molecule has 1 aromatic heterocycles. The molecule has 0 amide bonds. The van der Waals surface area contributed by atoms with Crippen LogP contribution in [0.1, 0.15) is 24.5 Å². The van der Waals surface area contributed by atoms with Crippen LogP contribution >= 0.6 is 11.6 Å². The van der Waals surface area contributed by atoms with E-state index in [1.165, 1.54) is 18.5 Å². The molecule has 1 aromatic carbocycles. The highest BCUT2D eigenvalue weighted by Crippen LogP contribution is 2.31. The fourth-order valence-corrected chi connectivity index (χ4v) is 2.83. The second kappa shape index (κ2) is 5.93. The highest BCUT2D eigenvalue weighted by Gasteiger charge is 2.16. The lowest BCUT2D eigenvalue weighted by Crippen LogP contribution is -2.19. The smallest absolute Gasteiger partial charge is 0.152 e. The van der Waals surface area contributed by atoms with E-state index in [0.717, 1.165) is 35.4 Å². The lowest BCUT2D eigenvalue weighted by Gasteiger charge is -2.22. The van der Waals surface area contributed by atoms with E-state index in [1.54, 1.807) is 0 Å². The molecule has 0 unspecified atom stereocenters. The molecule has 0 aliphatic carbocycles. The Balaban J connectivity index is 1.80. The van der Waals surface area contributed by atoms with Crippen molar-refractivity contribution in [2.24, 2.45) is 7.05 Å². The van der Waals surface area contributed by atoms with Crippen molar-refractivity contribution in [3.63, 3.8) is 0 Å². The number of aryl methyl sites for hydroxylation is 1. The highest BCUT2D eigenvalue weighted by molar-refractivity contribution is 6.31. The van der Waals surface area contributed by atoms with Gasteiger partial charge in [-0.2, -0.15) is 0 Å². The van der Waals surface area contributed by atoms with Crippen molar-refractivity contribution in [1.29, 1.82) is 0 Å². The minimum atomic E-state index is 0.637. The molecule has 0 saturated carbocycles. The first-order chi connectivity index (χ1) is 10.1. The van der Waals surface area contributed by atoms with Crippen LogP contribution in [0.5, 0.6) is 0 Å². The third-order valence-electron chi connectivity index (χ3n) is 4.03. The van der Waals surface area contributed by atoms with Gasteiger partial charge in [0.05, 0.1) is 17.9 Å². The molecule has 0 radical (unpaired) electrons. The van der Waals surface area contributed by atoms with Gasteiger partial charge >= 0.3 is 0 Å². The second-order valence-corrected chi connectivity index (χ2v) is 5.87. The van der Waals surface area contributed by atoms with Crippen molar-refractivity contribution >= 4 is 23.0 Å². The van der Waals surface area contributed by atoms with E-state index in [4.69, 9.17) is 11.6 Å². The van der Waals surface area contributed by atoms with E-state index < -0.39 is 0 Å². The summed E-state index contributed by atoms with van der Waals surface area (Å²) in [6.45, 7) is 4.81. The molecule has 0 spiro atoms. The number of rotatable bonds is 4. The molecule has 2 aromatic rings. The zero-order chi connectivity index (χ0) is 14.8. The van der Waals surface area contributed by atoms with Gasteiger partial charge in [0.25, 0.3) is 0 Å². The maximum atomic E-state index is 6.15. The SMILES string of the molecule is Cc1nnc(CNc2cc(Cl)ccc2N2CCCC2)n1C. The van der Waals surface area contributed by atoms with Crippen LogP contribution in [-0.4, -0.2) is 27.9 Å². The summed E-state index contributed by atoms with van der Waals surface area (Å²) in [6, 6.07) is 6.03. The summed E-state index contributed by atoms with van der Waals surface area (Å²) in [6.07, 6.45) is 2.51. The summed E-state index contributed by atoms with van der Waals surface area (Å²) in [5.41, 5.74) is 2.28. The van der Waals surface area contributed by atoms with Gasteiger partial charge in [0.1, 0.15) is 5.82 Å². The van der Waals surface area contributed by atoms with E-state index >= 15 is 0 Å². The molecule has 21 heavy (non-hydrogen) atoms. The first kappa shape index (κ1) is 14.2. The first-order valence-corrected chi connectivity index (χ1v) is 7.66. The normalized spacial score (nSPS) is 14.7. The zero-order valence-corrected chi connectivity index (χ0v) is 13.2. The van der Waals surface area contributed by atoms with Crippen molar-refractivity contribution < 1.29 is 0 Å². The van der Waals surface area contributed by atoms with Crippen molar-refractivity contribution in [3.05, 3.63) is 34.9 Å². The van der Waals surface area contributed by atoms with Gasteiger partial charge in [-0.05, 0) is 38.0 Å². The average molecular weight is 306 g/mol. The fraction of sp³-hybridized carbons (Fsp3) is 0.467. The van der Waals surface area contributed by atoms with Crippen molar-refractivity contribution in [2.75, 3.05) is 23.3 Å². The Bertz CT molecular complexity index is 631. The third-order valence-corrected chi connectivity index (χ3v) is 4.26. The molecule has 1 aliphatic rings. The van der Waals surface area contributed by atoms with Gasteiger partial charge in [-0.15, -0.1) is 10.2 Å². The van der Waals surface area contributed by atoms with Crippen LogP contribution in [0.2, 0.25) is 5.02 Å². The molecule has 1 fully saturated rings. The summed E-state index contributed by atoms with van der Waals surface area (Å²) in [5, 5.41) is 12.5. The van der Waals surface area contributed by atoms with Gasteiger partial charge in [0.15, 0.2) is 5.82 Å². The van der Waals surface area contributed by atoms with E-state index in [1.807, 2.05) is 30.7 Å². The lowest BCUT2D eigenvalue weighted by atomic mass is 10.2. The number of nitrogens with zero attached hydrogens (tertiary/aromatic N) is 4. The van der Waals surface area contributed by atoms with Gasteiger partial charge < -0.3 is 14.8 Å². The van der Waals surface area contributed by atoms with Crippen LogP contribution in [-0.2, 0) is 13.6 Å². The molecule has 112 valence electrons. The van der Waals surface area contributed by atoms with E-state index in [2.05, 4.69) is 26.5 Å². The number of halogens is 1. The molecule has 1 N–H and O–H groups in total. The number of hydrogen-bond acceptors (Lipinski definition) is 4. The number of benzene rings is 1. The maximum absolute atomic E-state index is 6.15. The molecular formula is C15H20ClN5. The zero-order valence-electron chi connectivity index (χ0n) is 12.4. The molecule has 3 rings (SSSR count). The Morgan fingerprint density at radius 3 is 2.67 bits per heavy atom. The fourth-order valence-electron chi connectivity index (χ4n) is 2.66. The Labute approximate surface area is 129 Å². The number of nitrogens with one attached hydrogen (secondary N) is 1. The van der Waals surface area contributed by atoms with Crippen molar-refractivity contribution in [3.8, 4) is 0 Å². The van der Waals surface area contributed by atoms with Gasteiger partial charge in [-0.3, -0.25) is 0 Å². The minimum absolute atomic E-state index is 0.637. The predicted molar refractivity (Wildman–Crippen MR) is 86.0 cm³/mol. The van der Waals surface area contributed by atoms with Crippen LogP contribution in [0.3, 0.4) is 0 Å². The van der Waals surface area contributed by atoms with Gasteiger partial charge in [-0.25, -0.2) is 0 Å². The molecule has 1 aliphatic heterocycles. The van der Waals surface area contributed by atoms with Crippen LogP contribution in [0, 0.1) is 6.92 Å². The second-order valence-electron chi connectivity index (χ2n) is 5.43. The van der Waals surface area contributed by atoms with Crippen LogP contribution in [0.4, 0.5) is 11.4 Å². The molecule has 5 nitrogen and oxygen atoms in total. The standard InChI is InChI=1S/C15H20ClN5/c1-11-18-19-15(20(11)2)10-17-13-9-12(16)5-6-14(13)21-7-3-4-8-21/h5-6,9,17H,3-4,7-8,10H2,1-2H3. The molecule has 6 heteroatoms.